The van der Waals surface area contributed by atoms with Gasteiger partial charge >= 0.3 is 0 Å². The number of aromatic nitrogens is 3. The fourth-order valence-electron chi connectivity index (χ4n) is 3.59. The molecule has 2 fully saturated rings. The second-order valence-corrected chi connectivity index (χ2v) is 7.60. The molecule has 1 atom stereocenters. The van der Waals surface area contributed by atoms with Gasteiger partial charge in [0.15, 0.2) is 0 Å². The van der Waals surface area contributed by atoms with Gasteiger partial charge in [-0.2, -0.15) is 0 Å². The first-order valence-electron chi connectivity index (χ1n) is 9.36. The van der Waals surface area contributed by atoms with Gasteiger partial charge in [0.2, 0.25) is 5.91 Å². The molecule has 132 valence electrons. The molecule has 0 radical (unpaired) electrons. The topological polar surface area (TPSA) is 51.0 Å². The van der Waals surface area contributed by atoms with E-state index in [1.54, 1.807) is 0 Å². The number of likely N-dealkylation sites (tertiary alicyclic amines) is 1. The third kappa shape index (κ3) is 3.60. The number of carbonyl (C=O) groups excluding carboxylic acids is 1. The Morgan fingerprint density at radius 2 is 2.04 bits per heavy atom. The summed E-state index contributed by atoms with van der Waals surface area (Å²) < 4.78 is 1.98. The average Bonchev–Trinajstić information content (AvgIpc) is 3.13. The van der Waals surface area contributed by atoms with Gasteiger partial charge in [-0.25, -0.2) is 4.68 Å². The van der Waals surface area contributed by atoms with Gasteiger partial charge in [-0.3, -0.25) is 4.79 Å². The summed E-state index contributed by atoms with van der Waals surface area (Å²) in [5, 5.41) is 8.59. The maximum absolute atomic E-state index is 12.6. The van der Waals surface area contributed by atoms with E-state index in [2.05, 4.69) is 48.6 Å². The van der Waals surface area contributed by atoms with Crippen LogP contribution in [0.4, 0.5) is 0 Å². The van der Waals surface area contributed by atoms with E-state index in [4.69, 9.17) is 0 Å². The molecule has 0 spiro atoms. The maximum atomic E-state index is 12.6. The second kappa shape index (κ2) is 6.62. The summed E-state index contributed by atoms with van der Waals surface area (Å²) in [4.78, 5) is 14.5. The number of carbonyl (C=O) groups is 1. The molecule has 1 aromatic carbocycles. The van der Waals surface area contributed by atoms with Crippen LogP contribution in [0.15, 0.2) is 24.4 Å². The molecule has 2 aliphatic rings. The molecule has 5 heteroatoms. The minimum Gasteiger partial charge on any atom is -0.340 e. The predicted molar refractivity (Wildman–Crippen MR) is 96.5 cm³/mol. The van der Waals surface area contributed by atoms with E-state index in [0.29, 0.717) is 12.3 Å². The SMILES string of the molecule is Cc1ccc(CCC(=O)N2CCC(n3cc(C4CC4)nn3)C2)cc1C. The number of benzene rings is 1. The predicted octanol–water partition coefficient (Wildman–Crippen LogP) is 3.18. The van der Waals surface area contributed by atoms with Crippen LogP contribution in [0.5, 0.6) is 0 Å². The Balaban J connectivity index is 1.31. The monoisotopic (exact) mass is 338 g/mol. The highest BCUT2D eigenvalue weighted by molar-refractivity contribution is 5.76. The van der Waals surface area contributed by atoms with Gasteiger partial charge in [0.25, 0.3) is 0 Å². The number of hydrogen-bond donors (Lipinski definition) is 0. The minimum atomic E-state index is 0.253. The molecule has 2 heterocycles. The molecule has 4 rings (SSSR count). The lowest BCUT2D eigenvalue weighted by atomic mass is 10.0. The molecular formula is C20H26N4O. The molecule has 1 amide bonds. The van der Waals surface area contributed by atoms with E-state index in [-0.39, 0.29) is 11.9 Å². The third-order valence-corrected chi connectivity index (χ3v) is 5.61. The zero-order valence-electron chi connectivity index (χ0n) is 15.1. The number of amides is 1. The van der Waals surface area contributed by atoms with Crippen molar-refractivity contribution in [3.05, 3.63) is 46.8 Å². The molecule has 25 heavy (non-hydrogen) atoms. The van der Waals surface area contributed by atoms with Gasteiger partial charge < -0.3 is 4.90 Å². The smallest absolute Gasteiger partial charge is 0.222 e. The summed E-state index contributed by atoms with van der Waals surface area (Å²) in [6, 6.07) is 6.76. The molecular weight excluding hydrogens is 312 g/mol. The van der Waals surface area contributed by atoms with E-state index in [1.165, 1.54) is 29.5 Å². The maximum Gasteiger partial charge on any atom is 0.222 e. The largest absolute Gasteiger partial charge is 0.340 e. The molecule has 0 bridgehead atoms. The zero-order valence-corrected chi connectivity index (χ0v) is 15.1. The first kappa shape index (κ1) is 16.3. The number of hydrogen-bond acceptors (Lipinski definition) is 3. The highest BCUT2D eigenvalue weighted by atomic mass is 16.2. The Morgan fingerprint density at radius 1 is 1.20 bits per heavy atom. The first-order valence-corrected chi connectivity index (χ1v) is 9.36. The lowest BCUT2D eigenvalue weighted by Crippen LogP contribution is -2.29. The van der Waals surface area contributed by atoms with E-state index in [1.807, 2.05) is 9.58 Å². The van der Waals surface area contributed by atoms with Crippen LogP contribution in [0.1, 0.15) is 60.0 Å². The van der Waals surface area contributed by atoms with Crippen LogP contribution in [0.2, 0.25) is 0 Å². The zero-order chi connectivity index (χ0) is 17.4. The third-order valence-electron chi connectivity index (χ3n) is 5.61. The van der Waals surface area contributed by atoms with Gasteiger partial charge in [-0.15, -0.1) is 5.10 Å². The Morgan fingerprint density at radius 3 is 2.80 bits per heavy atom. The van der Waals surface area contributed by atoms with Crippen molar-refractivity contribution in [1.82, 2.24) is 19.9 Å². The molecule has 1 aliphatic carbocycles. The van der Waals surface area contributed by atoms with E-state index >= 15 is 0 Å². The number of rotatable bonds is 5. The van der Waals surface area contributed by atoms with Crippen LogP contribution in [0.25, 0.3) is 0 Å². The Bertz CT molecular complexity index is 778. The fraction of sp³-hybridized carbons (Fsp3) is 0.550. The normalized spacial score (nSPS) is 20.2. The lowest BCUT2D eigenvalue weighted by molar-refractivity contribution is -0.130. The summed E-state index contributed by atoms with van der Waals surface area (Å²) in [7, 11) is 0. The fourth-order valence-corrected chi connectivity index (χ4v) is 3.59. The molecule has 0 N–H and O–H groups in total. The molecule has 1 aliphatic heterocycles. The van der Waals surface area contributed by atoms with Crippen LogP contribution in [0.3, 0.4) is 0 Å². The van der Waals surface area contributed by atoms with Crippen molar-refractivity contribution in [3.8, 4) is 0 Å². The quantitative estimate of drug-likeness (QED) is 0.841. The Hall–Kier alpha value is -2.17. The van der Waals surface area contributed by atoms with Crippen LogP contribution in [0, 0.1) is 13.8 Å². The lowest BCUT2D eigenvalue weighted by Gasteiger charge is -2.16. The van der Waals surface area contributed by atoms with Crippen molar-refractivity contribution in [2.24, 2.45) is 0 Å². The van der Waals surface area contributed by atoms with Crippen molar-refractivity contribution < 1.29 is 4.79 Å². The van der Waals surface area contributed by atoms with Crippen LogP contribution < -0.4 is 0 Å². The molecule has 1 saturated heterocycles. The van der Waals surface area contributed by atoms with Crippen molar-refractivity contribution in [2.45, 2.75) is 57.9 Å². The summed E-state index contributed by atoms with van der Waals surface area (Å²) in [5.41, 5.74) is 4.97. The average molecular weight is 338 g/mol. The number of aryl methyl sites for hydroxylation is 3. The van der Waals surface area contributed by atoms with Gasteiger partial charge in [0, 0.05) is 31.6 Å². The van der Waals surface area contributed by atoms with Crippen molar-refractivity contribution in [3.63, 3.8) is 0 Å². The Kier molecular flexibility index (Phi) is 4.32. The molecule has 1 saturated carbocycles. The first-order chi connectivity index (χ1) is 12.1. The summed E-state index contributed by atoms with van der Waals surface area (Å²) in [6.45, 7) is 5.83. The van der Waals surface area contributed by atoms with Crippen LogP contribution >= 0.6 is 0 Å². The second-order valence-electron chi connectivity index (χ2n) is 7.60. The van der Waals surface area contributed by atoms with Crippen molar-refractivity contribution in [1.29, 1.82) is 0 Å². The molecule has 1 aromatic heterocycles. The van der Waals surface area contributed by atoms with Crippen LogP contribution in [-0.2, 0) is 11.2 Å². The highest BCUT2D eigenvalue weighted by Crippen LogP contribution is 2.39. The summed E-state index contributed by atoms with van der Waals surface area (Å²) >= 11 is 0. The van der Waals surface area contributed by atoms with Crippen LogP contribution in [-0.4, -0.2) is 38.9 Å². The molecule has 1 unspecified atom stereocenters. The molecule has 5 nitrogen and oxygen atoms in total. The summed E-state index contributed by atoms with van der Waals surface area (Å²) in [5.74, 6) is 0.883. The standard InChI is InChI=1S/C20H26N4O/c1-14-3-4-16(11-15(14)2)5-8-20(25)23-10-9-18(12-23)24-13-19(21-22-24)17-6-7-17/h3-4,11,13,17-18H,5-10,12H2,1-2H3. The van der Waals surface area contributed by atoms with Gasteiger partial charge in [0.1, 0.15) is 0 Å². The number of nitrogens with zero attached hydrogens (tertiary/aromatic N) is 4. The Labute approximate surface area is 149 Å². The van der Waals surface area contributed by atoms with E-state index in [9.17, 15) is 4.79 Å². The van der Waals surface area contributed by atoms with Crippen molar-refractivity contribution in [2.75, 3.05) is 13.1 Å². The van der Waals surface area contributed by atoms with E-state index in [0.717, 1.165) is 31.6 Å². The van der Waals surface area contributed by atoms with Gasteiger partial charge in [-0.05, 0) is 56.2 Å². The molecule has 2 aromatic rings. The van der Waals surface area contributed by atoms with E-state index < -0.39 is 0 Å². The highest BCUT2D eigenvalue weighted by Gasteiger charge is 2.30. The van der Waals surface area contributed by atoms with Gasteiger partial charge in [0.05, 0.1) is 11.7 Å². The van der Waals surface area contributed by atoms with Gasteiger partial charge in [-0.1, -0.05) is 23.4 Å². The summed E-state index contributed by atoms with van der Waals surface area (Å²) in [6.07, 6.45) is 6.95. The minimum absolute atomic E-state index is 0.253. The van der Waals surface area contributed by atoms with Crippen molar-refractivity contribution >= 4 is 5.91 Å².